The number of carbonyl (C=O) groups excluding carboxylic acids is 2. The summed E-state index contributed by atoms with van der Waals surface area (Å²) in [4.78, 5) is 39.1. The summed E-state index contributed by atoms with van der Waals surface area (Å²) in [5.74, 6) is -1.57. The number of halogens is 2. The lowest BCUT2D eigenvalue weighted by Crippen LogP contribution is -2.54. The highest BCUT2D eigenvalue weighted by Gasteiger charge is 2.52. The predicted molar refractivity (Wildman–Crippen MR) is 151 cm³/mol. The summed E-state index contributed by atoms with van der Waals surface area (Å²) in [6, 6.07) is 8.89. The van der Waals surface area contributed by atoms with E-state index in [1.807, 2.05) is 6.07 Å². The van der Waals surface area contributed by atoms with Crippen LogP contribution in [0.3, 0.4) is 0 Å². The monoisotopic (exact) mass is 606 g/mol. The van der Waals surface area contributed by atoms with Gasteiger partial charge in [0.25, 0.3) is 5.60 Å². The van der Waals surface area contributed by atoms with Crippen LogP contribution >= 0.6 is 11.6 Å². The Labute approximate surface area is 248 Å². The van der Waals surface area contributed by atoms with Crippen LogP contribution in [0.15, 0.2) is 36.7 Å². The van der Waals surface area contributed by atoms with E-state index in [0.29, 0.717) is 17.7 Å². The maximum absolute atomic E-state index is 15.4. The molecule has 0 radical (unpaired) electrons. The van der Waals surface area contributed by atoms with Crippen LogP contribution in [0.2, 0.25) is 5.28 Å². The molecule has 3 heterocycles. The number of imidazole rings is 1. The molecule has 0 saturated carbocycles. The number of unbranched alkanes of at least 4 members (excludes halogenated alkanes) is 2. The maximum Gasteiger partial charge on any atom is 0.350 e. The summed E-state index contributed by atoms with van der Waals surface area (Å²) in [5.41, 5.74) is -0.863. The number of benzene rings is 1. The molecule has 1 aliphatic heterocycles. The average molecular weight is 607 g/mol. The SMILES string of the molecule is CCCCCOc1nc(Cl)nc2c1ncn2C1OC(COC(Cc2ccccc2)(C(=O)OCC)C(=O)OCC)CC1F. The number of fused-ring (bicyclic) bond motifs is 1. The van der Waals surface area contributed by atoms with E-state index in [1.54, 1.807) is 38.1 Å². The van der Waals surface area contributed by atoms with E-state index in [9.17, 15) is 9.59 Å². The number of alkyl halides is 1. The number of rotatable bonds is 15. The molecular weight excluding hydrogens is 571 g/mol. The van der Waals surface area contributed by atoms with Crippen LogP contribution in [0.25, 0.3) is 11.2 Å². The number of nitrogens with zero attached hydrogens (tertiary/aromatic N) is 4. The molecule has 1 saturated heterocycles. The van der Waals surface area contributed by atoms with Crippen molar-refractivity contribution in [3.05, 3.63) is 47.5 Å². The zero-order chi connectivity index (χ0) is 30.1. The number of ether oxygens (including phenoxy) is 5. The van der Waals surface area contributed by atoms with Gasteiger partial charge in [0, 0.05) is 12.8 Å². The van der Waals surface area contributed by atoms with Crippen LogP contribution < -0.4 is 4.74 Å². The minimum absolute atomic E-state index is 0.0229. The van der Waals surface area contributed by atoms with Gasteiger partial charge in [-0.3, -0.25) is 4.57 Å². The van der Waals surface area contributed by atoms with E-state index in [1.165, 1.54) is 10.9 Å². The summed E-state index contributed by atoms with van der Waals surface area (Å²) in [6.45, 7) is 5.54. The molecule has 2 aromatic heterocycles. The van der Waals surface area contributed by atoms with E-state index < -0.39 is 36.0 Å². The Bertz CT molecular complexity index is 1320. The maximum atomic E-state index is 15.4. The molecule has 0 aliphatic carbocycles. The Morgan fingerprint density at radius 1 is 1.10 bits per heavy atom. The van der Waals surface area contributed by atoms with Crippen molar-refractivity contribution < 1.29 is 37.7 Å². The third-order valence-corrected chi connectivity index (χ3v) is 6.94. The van der Waals surface area contributed by atoms with E-state index >= 15 is 4.39 Å². The van der Waals surface area contributed by atoms with Crippen molar-refractivity contribution in [2.45, 2.75) is 77.0 Å². The first kappa shape index (κ1) is 31.6. The van der Waals surface area contributed by atoms with Crippen molar-refractivity contribution in [1.82, 2.24) is 19.5 Å². The van der Waals surface area contributed by atoms with Gasteiger partial charge in [-0.15, -0.1) is 0 Å². The Morgan fingerprint density at radius 2 is 1.81 bits per heavy atom. The first-order valence-electron chi connectivity index (χ1n) is 14.2. The summed E-state index contributed by atoms with van der Waals surface area (Å²) in [5, 5.41) is -0.0717. The fourth-order valence-electron chi connectivity index (χ4n) is 4.74. The normalized spacial score (nSPS) is 18.7. The fourth-order valence-corrected chi connectivity index (χ4v) is 4.89. The molecule has 0 bridgehead atoms. The van der Waals surface area contributed by atoms with Crippen LogP contribution in [0.5, 0.6) is 5.88 Å². The van der Waals surface area contributed by atoms with Crippen molar-refractivity contribution in [3.63, 3.8) is 0 Å². The smallest absolute Gasteiger partial charge is 0.350 e. The fraction of sp³-hybridized carbons (Fsp3) is 0.552. The van der Waals surface area contributed by atoms with E-state index in [2.05, 4.69) is 21.9 Å². The third kappa shape index (κ3) is 7.16. The molecule has 0 spiro atoms. The molecule has 1 fully saturated rings. The molecule has 3 aromatic rings. The van der Waals surface area contributed by atoms with Gasteiger partial charge in [-0.25, -0.2) is 19.0 Å². The predicted octanol–water partition coefficient (Wildman–Crippen LogP) is 4.80. The molecule has 1 aliphatic rings. The van der Waals surface area contributed by atoms with Crippen LogP contribution in [-0.4, -0.2) is 75.8 Å². The van der Waals surface area contributed by atoms with Crippen molar-refractivity contribution in [3.8, 4) is 5.88 Å². The number of aromatic nitrogens is 4. The summed E-state index contributed by atoms with van der Waals surface area (Å²) in [7, 11) is 0. The summed E-state index contributed by atoms with van der Waals surface area (Å²) >= 11 is 6.16. The molecule has 228 valence electrons. The zero-order valence-corrected chi connectivity index (χ0v) is 24.7. The van der Waals surface area contributed by atoms with Gasteiger partial charge < -0.3 is 23.7 Å². The molecule has 11 nitrogen and oxygen atoms in total. The molecule has 4 rings (SSSR count). The van der Waals surface area contributed by atoms with Crippen LogP contribution in [0.4, 0.5) is 4.39 Å². The lowest BCUT2D eigenvalue weighted by molar-refractivity contribution is -0.195. The van der Waals surface area contributed by atoms with E-state index in [0.717, 1.165) is 19.3 Å². The Kier molecular flexibility index (Phi) is 11.1. The highest BCUT2D eigenvalue weighted by molar-refractivity contribution is 6.28. The molecule has 3 atom stereocenters. The number of hydrogen-bond acceptors (Lipinski definition) is 10. The molecule has 42 heavy (non-hydrogen) atoms. The summed E-state index contributed by atoms with van der Waals surface area (Å²) < 4.78 is 45.2. The van der Waals surface area contributed by atoms with Gasteiger partial charge in [-0.1, -0.05) is 50.1 Å². The number of carbonyl (C=O) groups is 2. The first-order valence-corrected chi connectivity index (χ1v) is 14.5. The van der Waals surface area contributed by atoms with Crippen LogP contribution in [0, 0.1) is 0 Å². The van der Waals surface area contributed by atoms with Gasteiger partial charge in [0.15, 0.2) is 17.4 Å². The molecule has 3 unspecified atom stereocenters. The second kappa shape index (κ2) is 14.7. The molecule has 0 amide bonds. The van der Waals surface area contributed by atoms with Gasteiger partial charge in [0.05, 0.1) is 38.9 Å². The van der Waals surface area contributed by atoms with E-state index in [-0.39, 0.29) is 49.5 Å². The van der Waals surface area contributed by atoms with Crippen molar-refractivity contribution >= 4 is 34.7 Å². The van der Waals surface area contributed by atoms with Gasteiger partial charge in [0.1, 0.15) is 6.17 Å². The second-order valence-corrected chi connectivity index (χ2v) is 10.2. The van der Waals surface area contributed by atoms with Gasteiger partial charge in [0.2, 0.25) is 11.2 Å². The van der Waals surface area contributed by atoms with Crippen molar-refractivity contribution in [2.75, 3.05) is 26.4 Å². The second-order valence-electron chi connectivity index (χ2n) is 9.82. The van der Waals surface area contributed by atoms with Crippen LogP contribution in [0.1, 0.15) is 58.2 Å². The zero-order valence-electron chi connectivity index (χ0n) is 24.0. The van der Waals surface area contributed by atoms with Gasteiger partial charge >= 0.3 is 11.9 Å². The quantitative estimate of drug-likeness (QED) is 0.103. The average Bonchev–Trinajstić information content (AvgIpc) is 3.56. The lowest BCUT2D eigenvalue weighted by Gasteiger charge is -2.30. The van der Waals surface area contributed by atoms with Crippen molar-refractivity contribution in [2.24, 2.45) is 0 Å². The number of hydrogen-bond donors (Lipinski definition) is 0. The topological polar surface area (TPSA) is 124 Å². The Morgan fingerprint density at radius 3 is 2.48 bits per heavy atom. The molecule has 13 heteroatoms. The Balaban J connectivity index is 1.54. The standard InChI is InChI=1S/C29H36ClFN4O7/c1-4-7-11-14-40-24-22-23(33-28(30)34-24)35(18-32-22)25-21(31)15-20(42-25)17-41-29(26(36)38-5-2,27(37)39-6-3)16-19-12-9-8-10-13-19/h8-10,12-13,18,20-21,25H,4-7,11,14-17H2,1-3H3. The minimum atomic E-state index is -2.10. The van der Waals surface area contributed by atoms with Gasteiger partial charge in [-0.05, 0) is 37.4 Å². The largest absolute Gasteiger partial charge is 0.476 e. The first-order chi connectivity index (χ1) is 20.3. The molecule has 1 aromatic carbocycles. The lowest BCUT2D eigenvalue weighted by atomic mass is 9.94. The van der Waals surface area contributed by atoms with Gasteiger partial charge in [-0.2, -0.15) is 9.97 Å². The highest BCUT2D eigenvalue weighted by Crippen LogP contribution is 2.36. The molecular formula is C29H36ClFN4O7. The minimum Gasteiger partial charge on any atom is -0.476 e. The highest BCUT2D eigenvalue weighted by atomic mass is 35.5. The molecule has 0 N–H and O–H groups in total. The summed E-state index contributed by atoms with van der Waals surface area (Å²) in [6.07, 6.45) is 0.646. The van der Waals surface area contributed by atoms with E-state index in [4.69, 9.17) is 35.3 Å². The van der Waals surface area contributed by atoms with Crippen LogP contribution in [-0.2, 0) is 35.0 Å². The third-order valence-electron chi connectivity index (χ3n) is 6.77. The van der Waals surface area contributed by atoms with Crippen molar-refractivity contribution in [1.29, 1.82) is 0 Å². The Hall–Kier alpha value is -3.35. The number of esters is 2.